The largest absolute Gasteiger partial charge is 0.497 e. The normalized spacial score (nSPS) is 12.8. The summed E-state index contributed by atoms with van der Waals surface area (Å²) in [5.74, 6) is 0.821. The minimum absolute atomic E-state index is 0.736. The van der Waals surface area contributed by atoms with Gasteiger partial charge >= 0.3 is 0 Å². The van der Waals surface area contributed by atoms with Crippen LogP contribution in [0.4, 0.5) is 0 Å². The maximum atomic E-state index is 6.23. The fourth-order valence-corrected chi connectivity index (χ4v) is 4.29. The summed E-state index contributed by atoms with van der Waals surface area (Å²) in [5, 5.41) is 1.94. The Morgan fingerprint density at radius 2 is 2.00 bits per heavy atom. The van der Waals surface area contributed by atoms with Crippen LogP contribution in [0.15, 0.2) is 42.5 Å². The third-order valence-electron chi connectivity index (χ3n) is 5.03. The third kappa shape index (κ3) is 2.24. The molecule has 6 heteroatoms. The van der Waals surface area contributed by atoms with E-state index in [1.807, 2.05) is 36.4 Å². The molecule has 2 N–H and O–H groups in total. The summed E-state index contributed by atoms with van der Waals surface area (Å²) in [6, 6.07) is 14.0. The molecule has 0 fully saturated rings. The second-order valence-corrected chi connectivity index (χ2v) is 7.28. The summed E-state index contributed by atoms with van der Waals surface area (Å²) >= 11 is 11.8. The second-order valence-electron chi connectivity index (χ2n) is 6.46. The van der Waals surface area contributed by atoms with E-state index in [1.165, 1.54) is 10.9 Å². The van der Waals surface area contributed by atoms with Crippen LogP contribution in [-0.4, -0.2) is 21.6 Å². The van der Waals surface area contributed by atoms with E-state index in [1.54, 1.807) is 7.11 Å². The summed E-state index contributed by atoms with van der Waals surface area (Å²) in [4.78, 5) is 6.97. The Hall–Kier alpha value is -2.50. The Balaban J connectivity index is 1.81. The zero-order valence-electron chi connectivity index (χ0n) is 14.1. The lowest BCUT2D eigenvalue weighted by Crippen LogP contribution is -2.10. The van der Waals surface area contributed by atoms with Crippen LogP contribution in [-0.2, 0) is 13.0 Å². The Bertz CT molecular complexity index is 1220. The van der Waals surface area contributed by atoms with Gasteiger partial charge in [0, 0.05) is 28.0 Å². The molecule has 4 nitrogen and oxygen atoms in total. The van der Waals surface area contributed by atoms with Gasteiger partial charge in [0.2, 0.25) is 0 Å². The zero-order chi connectivity index (χ0) is 17.8. The van der Waals surface area contributed by atoms with E-state index in [0.29, 0.717) is 0 Å². The Labute approximate surface area is 160 Å². The number of aryl methyl sites for hydroxylation is 1. The van der Waals surface area contributed by atoms with E-state index in [9.17, 15) is 0 Å². The molecule has 0 radical (unpaired) electrons. The minimum Gasteiger partial charge on any atom is -0.497 e. The fourth-order valence-electron chi connectivity index (χ4n) is 3.84. The van der Waals surface area contributed by atoms with Gasteiger partial charge in [-0.25, -0.2) is 0 Å². The van der Waals surface area contributed by atoms with Gasteiger partial charge in [-0.3, -0.25) is 0 Å². The van der Waals surface area contributed by atoms with Gasteiger partial charge in [0.05, 0.1) is 24.2 Å². The minimum atomic E-state index is 0.736. The Morgan fingerprint density at radius 1 is 1.12 bits per heavy atom. The molecule has 2 aromatic heterocycles. The second kappa shape index (κ2) is 5.76. The molecule has 0 amide bonds. The van der Waals surface area contributed by atoms with E-state index in [2.05, 4.69) is 20.6 Å². The first-order chi connectivity index (χ1) is 12.7. The molecule has 26 heavy (non-hydrogen) atoms. The summed E-state index contributed by atoms with van der Waals surface area (Å²) in [6.07, 6.45) is 0.923. The van der Waals surface area contributed by atoms with E-state index in [0.717, 1.165) is 56.7 Å². The number of rotatable bonds is 2. The molecule has 0 saturated carbocycles. The van der Waals surface area contributed by atoms with E-state index in [4.69, 9.17) is 28.6 Å². The van der Waals surface area contributed by atoms with Crippen LogP contribution < -0.4 is 4.74 Å². The summed E-state index contributed by atoms with van der Waals surface area (Å²) < 4.78 is 8.30. The molecule has 1 aliphatic heterocycles. The predicted octanol–water partition coefficient (Wildman–Crippen LogP) is 5.58. The van der Waals surface area contributed by atoms with Crippen molar-refractivity contribution >= 4 is 34.7 Å². The number of fused-ring (bicyclic) bond motifs is 5. The van der Waals surface area contributed by atoms with Crippen molar-refractivity contribution in [3.63, 3.8) is 0 Å². The van der Waals surface area contributed by atoms with Crippen LogP contribution in [0.5, 0.6) is 5.75 Å². The number of nitrogens with zero attached hydrogens (tertiary/aromatic N) is 1. The first-order valence-corrected chi connectivity index (χ1v) is 9.22. The molecule has 0 bridgehead atoms. The highest BCUT2D eigenvalue weighted by Gasteiger charge is 2.26. The van der Waals surface area contributed by atoms with E-state index >= 15 is 0 Å². The standard InChI is InChI=1S/C20H16ClN3OS/c1-25-13-4-2-3-11(9-13)17-19-18-14(7-8-24(19)20(26)23-17)15-10-12(21)5-6-16(15)22-18/h2-6,9-10,22H,7-8H2,1H3,(H,23,26). The number of aromatic amines is 2. The fraction of sp³-hybridized carbons (Fsp3) is 0.150. The molecule has 0 spiro atoms. The lowest BCUT2D eigenvalue weighted by Gasteiger charge is -2.17. The van der Waals surface area contributed by atoms with Crippen molar-refractivity contribution in [3.8, 4) is 28.4 Å². The Kier molecular flexibility index (Phi) is 3.48. The van der Waals surface area contributed by atoms with E-state index < -0.39 is 0 Å². The number of hydrogen-bond acceptors (Lipinski definition) is 2. The molecule has 0 unspecified atom stereocenters. The van der Waals surface area contributed by atoms with Crippen molar-refractivity contribution in [1.82, 2.24) is 14.5 Å². The Morgan fingerprint density at radius 3 is 2.85 bits per heavy atom. The number of aromatic nitrogens is 3. The first-order valence-electron chi connectivity index (χ1n) is 8.43. The van der Waals surface area contributed by atoms with Crippen LogP contribution >= 0.6 is 23.8 Å². The highest BCUT2D eigenvalue weighted by molar-refractivity contribution is 7.71. The lowest BCUT2D eigenvalue weighted by molar-refractivity contribution is 0.415. The van der Waals surface area contributed by atoms with Crippen LogP contribution in [0.1, 0.15) is 5.56 Å². The maximum Gasteiger partial charge on any atom is 0.178 e. The van der Waals surface area contributed by atoms with Gasteiger partial charge in [-0.05, 0) is 54.5 Å². The van der Waals surface area contributed by atoms with Gasteiger partial charge < -0.3 is 19.3 Å². The molecule has 0 atom stereocenters. The molecule has 2 aromatic carbocycles. The number of ether oxygens (including phenoxy) is 1. The maximum absolute atomic E-state index is 6.23. The van der Waals surface area contributed by atoms with Gasteiger partial charge in [-0.1, -0.05) is 23.7 Å². The molecule has 0 aliphatic carbocycles. The number of methoxy groups -OCH3 is 1. The van der Waals surface area contributed by atoms with Crippen LogP contribution in [0, 0.1) is 4.77 Å². The molecule has 1 aliphatic rings. The zero-order valence-corrected chi connectivity index (χ0v) is 15.7. The van der Waals surface area contributed by atoms with Crippen molar-refractivity contribution in [3.05, 3.63) is 57.8 Å². The van der Waals surface area contributed by atoms with Crippen molar-refractivity contribution in [2.45, 2.75) is 13.0 Å². The van der Waals surface area contributed by atoms with Crippen molar-refractivity contribution in [2.75, 3.05) is 7.11 Å². The molecular weight excluding hydrogens is 366 g/mol. The molecule has 5 rings (SSSR count). The summed E-state index contributed by atoms with van der Waals surface area (Å²) in [7, 11) is 1.68. The van der Waals surface area contributed by atoms with Gasteiger partial charge in [-0.15, -0.1) is 0 Å². The summed E-state index contributed by atoms with van der Waals surface area (Å²) in [6.45, 7) is 0.848. The average Bonchev–Trinajstić information content (AvgIpc) is 3.19. The van der Waals surface area contributed by atoms with Gasteiger partial charge in [-0.2, -0.15) is 0 Å². The molecule has 0 saturated heterocycles. The topological polar surface area (TPSA) is 45.7 Å². The number of imidazole rings is 1. The lowest BCUT2D eigenvalue weighted by atomic mass is 9.99. The van der Waals surface area contributed by atoms with Crippen LogP contribution in [0.2, 0.25) is 5.02 Å². The van der Waals surface area contributed by atoms with Crippen molar-refractivity contribution < 1.29 is 4.74 Å². The quantitative estimate of drug-likeness (QED) is 0.445. The van der Waals surface area contributed by atoms with Gasteiger partial charge in [0.1, 0.15) is 5.75 Å². The summed E-state index contributed by atoms with van der Waals surface area (Å²) in [5.41, 5.74) is 6.65. The van der Waals surface area contributed by atoms with Gasteiger partial charge in [0.25, 0.3) is 0 Å². The first kappa shape index (κ1) is 15.7. The van der Waals surface area contributed by atoms with Gasteiger partial charge in [0.15, 0.2) is 4.77 Å². The predicted molar refractivity (Wildman–Crippen MR) is 108 cm³/mol. The molecular formula is C20H16ClN3OS. The highest BCUT2D eigenvalue weighted by Crippen LogP contribution is 2.40. The number of nitrogens with one attached hydrogen (secondary N) is 2. The third-order valence-corrected chi connectivity index (χ3v) is 5.59. The average molecular weight is 382 g/mol. The van der Waals surface area contributed by atoms with Crippen LogP contribution in [0.25, 0.3) is 33.5 Å². The number of hydrogen-bond donors (Lipinski definition) is 2. The number of halogens is 1. The molecule has 3 heterocycles. The molecule has 130 valence electrons. The molecule has 4 aromatic rings. The number of H-pyrrole nitrogens is 2. The van der Waals surface area contributed by atoms with Crippen LogP contribution in [0.3, 0.4) is 0 Å². The smallest absolute Gasteiger partial charge is 0.178 e. The highest BCUT2D eigenvalue weighted by atomic mass is 35.5. The van der Waals surface area contributed by atoms with Crippen molar-refractivity contribution in [1.29, 1.82) is 0 Å². The van der Waals surface area contributed by atoms with Crippen molar-refractivity contribution in [2.24, 2.45) is 0 Å². The van der Waals surface area contributed by atoms with E-state index in [-0.39, 0.29) is 0 Å². The number of benzene rings is 2. The monoisotopic (exact) mass is 381 g/mol. The SMILES string of the molecule is COc1cccc(-c2[nH]c(=S)n3c2-c2[nH]c4ccc(Cl)cc4c2CC3)c1.